The van der Waals surface area contributed by atoms with Gasteiger partial charge < -0.3 is 11.1 Å². The summed E-state index contributed by atoms with van der Waals surface area (Å²) in [5, 5.41) is 2.95. The number of hydrogen-bond acceptors (Lipinski definition) is 3. The van der Waals surface area contributed by atoms with Crippen molar-refractivity contribution in [2.45, 2.75) is 39.8 Å². The van der Waals surface area contributed by atoms with Gasteiger partial charge in [-0.1, -0.05) is 13.8 Å². The van der Waals surface area contributed by atoms with E-state index < -0.39 is 0 Å². The Bertz CT molecular complexity index is 172. The van der Waals surface area contributed by atoms with Crippen molar-refractivity contribution in [1.82, 2.24) is 5.32 Å². The van der Waals surface area contributed by atoms with Crippen molar-refractivity contribution in [3.8, 4) is 0 Å². The van der Waals surface area contributed by atoms with Crippen molar-refractivity contribution < 1.29 is 4.79 Å². The van der Waals surface area contributed by atoms with E-state index in [0.29, 0.717) is 11.7 Å². The quantitative estimate of drug-likeness (QED) is 0.705. The summed E-state index contributed by atoms with van der Waals surface area (Å²) in [6.07, 6.45) is 0. The zero-order valence-electron chi connectivity index (χ0n) is 9.54. The van der Waals surface area contributed by atoms with Crippen LogP contribution in [-0.4, -0.2) is 29.5 Å². The molecule has 0 saturated carbocycles. The maximum Gasteiger partial charge on any atom is 0.230 e. The Morgan fingerprint density at radius 2 is 1.93 bits per heavy atom. The van der Waals surface area contributed by atoms with Gasteiger partial charge >= 0.3 is 0 Å². The second-order valence-corrected chi connectivity index (χ2v) is 5.12. The molecule has 0 saturated heterocycles. The molecule has 0 aromatic carbocycles. The molecule has 2 atom stereocenters. The molecular formula is C10H22N2OS. The van der Waals surface area contributed by atoms with Crippen molar-refractivity contribution in [3.05, 3.63) is 0 Å². The average Bonchev–Trinajstić information content (AvgIpc) is 2.02. The Kier molecular flexibility index (Phi) is 7.01. The summed E-state index contributed by atoms with van der Waals surface area (Å²) >= 11 is 1.59. The number of carbonyl (C=O) groups excluding carboxylic acids is 1. The fourth-order valence-corrected chi connectivity index (χ4v) is 1.56. The van der Waals surface area contributed by atoms with E-state index >= 15 is 0 Å². The van der Waals surface area contributed by atoms with Crippen LogP contribution in [0.2, 0.25) is 0 Å². The van der Waals surface area contributed by atoms with Crippen LogP contribution in [0.4, 0.5) is 0 Å². The zero-order valence-corrected chi connectivity index (χ0v) is 10.4. The van der Waals surface area contributed by atoms with Crippen LogP contribution in [-0.2, 0) is 4.79 Å². The van der Waals surface area contributed by atoms with Crippen LogP contribution in [0.25, 0.3) is 0 Å². The summed E-state index contributed by atoms with van der Waals surface area (Å²) < 4.78 is 0. The third-order valence-corrected chi connectivity index (χ3v) is 3.23. The Hall–Kier alpha value is -0.220. The molecule has 0 bridgehead atoms. The van der Waals surface area contributed by atoms with Gasteiger partial charge in [0.05, 0.1) is 5.75 Å². The number of nitrogens with one attached hydrogen (secondary N) is 1. The van der Waals surface area contributed by atoms with Gasteiger partial charge in [0.2, 0.25) is 5.91 Å². The van der Waals surface area contributed by atoms with Crippen molar-refractivity contribution >= 4 is 17.7 Å². The van der Waals surface area contributed by atoms with Gasteiger partial charge in [0.25, 0.3) is 0 Å². The van der Waals surface area contributed by atoms with Crippen LogP contribution in [0.1, 0.15) is 27.7 Å². The second kappa shape index (κ2) is 7.12. The van der Waals surface area contributed by atoms with Gasteiger partial charge in [-0.2, -0.15) is 11.8 Å². The minimum absolute atomic E-state index is 0.108. The van der Waals surface area contributed by atoms with Crippen LogP contribution in [0, 0.1) is 5.92 Å². The van der Waals surface area contributed by atoms with Crippen LogP contribution in [0.15, 0.2) is 0 Å². The molecule has 0 spiro atoms. The first-order chi connectivity index (χ1) is 6.43. The fourth-order valence-electron chi connectivity index (χ4n) is 0.800. The number of amides is 1. The Morgan fingerprint density at radius 3 is 2.36 bits per heavy atom. The van der Waals surface area contributed by atoms with E-state index in [0.717, 1.165) is 5.75 Å². The Labute approximate surface area is 91.2 Å². The Morgan fingerprint density at radius 1 is 1.36 bits per heavy atom. The standard InChI is InChI=1S/C10H22N2OS/c1-7(2)9(4)12-10(13)6-14-5-8(3)11/h7-9H,5-6,11H2,1-4H3,(H,12,13). The molecule has 14 heavy (non-hydrogen) atoms. The molecule has 0 heterocycles. The van der Waals surface area contributed by atoms with E-state index in [1.165, 1.54) is 0 Å². The van der Waals surface area contributed by atoms with E-state index in [9.17, 15) is 4.79 Å². The first-order valence-corrected chi connectivity index (χ1v) is 6.21. The molecule has 0 aromatic heterocycles. The first kappa shape index (κ1) is 13.8. The van der Waals surface area contributed by atoms with Gasteiger partial charge in [0.1, 0.15) is 0 Å². The lowest BCUT2D eigenvalue weighted by molar-refractivity contribution is -0.119. The van der Waals surface area contributed by atoms with Gasteiger partial charge in [0, 0.05) is 17.8 Å². The molecule has 3 N–H and O–H groups in total. The highest BCUT2D eigenvalue weighted by Crippen LogP contribution is 2.03. The summed E-state index contributed by atoms with van der Waals surface area (Å²) in [4.78, 5) is 11.4. The number of carbonyl (C=O) groups is 1. The lowest BCUT2D eigenvalue weighted by atomic mass is 10.1. The van der Waals surface area contributed by atoms with Crippen molar-refractivity contribution in [2.75, 3.05) is 11.5 Å². The van der Waals surface area contributed by atoms with Gasteiger partial charge in [-0.05, 0) is 19.8 Å². The summed E-state index contributed by atoms with van der Waals surface area (Å²) in [5.74, 6) is 1.94. The summed E-state index contributed by atoms with van der Waals surface area (Å²) in [7, 11) is 0. The van der Waals surface area contributed by atoms with Crippen molar-refractivity contribution in [1.29, 1.82) is 0 Å². The SMILES string of the molecule is CC(N)CSCC(=O)NC(C)C(C)C. The summed E-state index contributed by atoms with van der Waals surface area (Å²) in [5.41, 5.74) is 5.58. The predicted molar refractivity (Wildman–Crippen MR) is 63.4 cm³/mol. The number of nitrogens with two attached hydrogens (primary N) is 1. The molecule has 3 nitrogen and oxygen atoms in total. The lowest BCUT2D eigenvalue weighted by Crippen LogP contribution is -2.37. The minimum Gasteiger partial charge on any atom is -0.353 e. The summed E-state index contributed by atoms with van der Waals surface area (Å²) in [6, 6.07) is 0.411. The maximum absolute atomic E-state index is 11.4. The molecule has 0 fully saturated rings. The van der Waals surface area contributed by atoms with Crippen molar-refractivity contribution in [3.63, 3.8) is 0 Å². The fraction of sp³-hybridized carbons (Fsp3) is 0.900. The van der Waals surface area contributed by atoms with Crippen LogP contribution in [0.5, 0.6) is 0 Å². The lowest BCUT2D eigenvalue weighted by Gasteiger charge is -2.17. The highest BCUT2D eigenvalue weighted by molar-refractivity contribution is 7.99. The molecule has 4 heteroatoms. The molecule has 2 unspecified atom stereocenters. The van der Waals surface area contributed by atoms with Gasteiger partial charge in [-0.3, -0.25) is 4.79 Å². The smallest absolute Gasteiger partial charge is 0.230 e. The molecule has 0 radical (unpaired) electrons. The molecular weight excluding hydrogens is 196 g/mol. The molecule has 0 rings (SSSR count). The Balaban J connectivity index is 3.55. The predicted octanol–water partition coefficient (Wildman–Crippen LogP) is 1.23. The van der Waals surface area contributed by atoms with E-state index in [4.69, 9.17) is 5.73 Å². The number of hydrogen-bond donors (Lipinski definition) is 2. The average molecular weight is 218 g/mol. The van der Waals surface area contributed by atoms with Gasteiger partial charge in [-0.25, -0.2) is 0 Å². The molecule has 84 valence electrons. The van der Waals surface area contributed by atoms with Crippen LogP contribution >= 0.6 is 11.8 Å². The highest BCUT2D eigenvalue weighted by Gasteiger charge is 2.10. The second-order valence-electron chi connectivity index (χ2n) is 4.09. The molecule has 1 amide bonds. The normalized spacial score (nSPS) is 15.3. The van der Waals surface area contributed by atoms with E-state index in [1.807, 2.05) is 13.8 Å². The highest BCUT2D eigenvalue weighted by atomic mass is 32.2. The van der Waals surface area contributed by atoms with Gasteiger partial charge in [0.15, 0.2) is 0 Å². The van der Waals surface area contributed by atoms with E-state index in [2.05, 4.69) is 19.2 Å². The first-order valence-electron chi connectivity index (χ1n) is 5.06. The molecule has 0 aliphatic heterocycles. The minimum atomic E-state index is 0.108. The largest absolute Gasteiger partial charge is 0.353 e. The monoisotopic (exact) mass is 218 g/mol. The molecule has 0 aliphatic carbocycles. The third-order valence-electron chi connectivity index (χ3n) is 2.00. The maximum atomic E-state index is 11.4. The molecule has 0 aromatic rings. The number of thioether (sulfide) groups is 1. The third kappa shape index (κ3) is 7.21. The van der Waals surface area contributed by atoms with Gasteiger partial charge in [-0.15, -0.1) is 0 Å². The van der Waals surface area contributed by atoms with Crippen molar-refractivity contribution in [2.24, 2.45) is 11.7 Å². The number of rotatable bonds is 6. The zero-order chi connectivity index (χ0) is 11.1. The van der Waals surface area contributed by atoms with Crippen LogP contribution < -0.4 is 11.1 Å². The van der Waals surface area contributed by atoms with Crippen LogP contribution in [0.3, 0.4) is 0 Å². The van der Waals surface area contributed by atoms with E-state index in [1.54, 1.807) is 11.8 Å². The van der Waals surface area contributed by atoms with E-state index in [-0.39, 0.29) is 18.0 Å². The topological polar surface area (TPSA) is 55.1 Å². The summed E-state index contributed by atoms with van der Waals surface area (Å²) in [6.45, 7) is 8.17. The molecule has 0 aliphatic rings.